The first-order valence-electron chi connectivity index (χ1n) is 4.43. The minimum Gasteiger partial charge on any atom is -0.347 e. The molecule has 0 aliphatic rings. The van der Waals surface area contributed by atoms with E-state index < -0.39 is 0 Å². The molecule has 0 unspecified atom stereocenters. The SMILES string of the molecule is Cn1ccnc1CNc1ncc(I)cn1. The lowest BCUT2D eigenvalue weighted by Crippen LogP contribution is -2.07. The zero-order valence-corrected chi connectivity index (χ0v) is 10.3. The van der Waals surface area contributed by atoms with E-state index in [1.807, 2.05) is 17.8 Å². The Bertz CT molecular complexity index is 436. The van der Waals surface area contributed by atoms with Crippen LogP contribution in [-0.4, -0.2) is 19.5 Å². The highest BCUT2D eigenvalue weighted by Gasteiger charge is 2.00. The fourth-order valence-electron chi connectivity index (χ4n) is 1.13. The van der Waals surface area contributed by atoms with E-state index in [0.717, 1.165) is 9.39 Å². The van der Waals surface area contributed by atoms with Gasteiger partial charge in [-0.05, 0) is 22.6 Å². The lowest BCUT2D eigenvalue weighted by Gasteiger charge is -2.04. The van der Waals surface area contributed by atoms with Gasteiger partial charge >= 0.3 is 0 Å². The van der Waals surface area contributed by atoms with Crippen LogP contribution < -0.4 is 5.32 Å². The zero-order valence-electron chi connectivity index (χ0n) is 8.18. The molecular formula is C9H10IN5. The zero-order chi connectivity index (χ0) is 10.7. The third-order valence-electron chi connectivity index (χ3n) is 1.95. The summed E-state index contributed by atoms with van der Waals surface area (Å²) in [5, 5.41) is 3.11. The van der Waals surface area contributed by atoms with Crippen molar-refractivity contribution in [1.29, 1.82) is 0 Å². The molecule has 2 rings (SSSR count). The Labute approximate surface area is 101 Å². The van der Waals surface area contributed by atoms with Gasteiger partial charge in [0.05, 0.1) is 6.54 Å². The molecule has 0 aromatic carbocycles. The van der Waals surface area contributed by atoms with Gasteiger partial charge in [-0.3, -0.25) is 0 Å². The van der Waals surface area contributed by atoms with Gasteiger partial charge in [0.15, 0.2) is 0 Å². The standard InChI is InChI=1S/C9H10IN5/c1-15-3-2-11-8(15)6-14-9-12-4-7(10)5-13-9/h2-5H,6H2,1H3,(H,12,13,14). The highest BCUT2D eigenvalue weighted by Crippen LogP contribution is 2.04. The van der Waals surface area contributed by atoms with E-state index in [4.69, 9.17) is 0 Å². The van der Waals surface area contributed by atoms with Gasteiger partial charge in [-0.25, -0.2) is 15.0 Å². The fourth-order valence-corrected chi connectivity index (χ4v) is 1.41. The molecule has 0 aliphatic heterocycles. The molecule has 0 bridgehead atoms. The summed E-state index contributed by atoms with van der Waals surface area (Å²) in [6, 6.07) is 0. The molecule has 0 amide bonds. The van der Waals surface area contributed by atoms with Crippen molar-refractivity contribution in [3.63, 3.8) is 0 Å². The molecule has 0 atom stereocenters. The van der Waals surface area contributed by atoms with E-state index in [1.54, 1.807) is 18.6 Å². The van der Waals surface area contributed by atoms with Crippen LogP contribution in [0.2, 0.25) is 0 Å². The molecule has 2 aromatic heterocycles. The summed E-state index contributed by atoms with van der Waals surface area (Å²) >= 11 is 2.17. The molecule has 78 valence electrons. The van der Waals surface area contributed by atoms with E-state index in [2.05, 4.69) is 42.9 Å². The molecule has 0 saturated carbocycles. The van der Waals surface area contributed by atoms with Crippen molar-refractivity contribution in [1.82, 2.24) is 19.5 Å². The third-order valence-corrected chi connectivity index (χ3v) is 2.50. The van der Waals surface area contributed by atoms with Crippen molar-refractivity contribution < 1.29 is 0 Å². The highest BCUT2D eigenvalue weighted by atomic mass is 127. The quantitative estimate of drug-likeness (QED) is 0.871. The van der Waals surface area contributed by atoms with Gasteiger partial charge < -0.3 is 9.88 Å². The molecule has 1 N–H and O–H groups in total. The molecule has 2 heterocycles. The van der Waals surface area contributed by atoms with Gasteiger partial charge in [0.1, 0.15) is 5.82 Å². The number of imidazole rings is 1. The van der Waals surface area contributed by atoms with Gasteiger partial charge in [-0.1, -0.05) is 0 Å². The Balaban J connectivity index is 1.99. The smallest absolute Gasteiger partial charge is 0.223 e. The van der Waals surface area contributed by atoms with Crippen LogP contribution in [0, 0.1) is 3.57 Å². The summed E-state index contributed by atoms with van der Waals surface area (Å²) in [7, 11) is 1.96. The van der Waals surface area contributed by atoms with Crippen LogP contribution >= 0.6 is 22.6 Å². The molecular weight excluding hydrogens is 305 g/mol. The van der Waals surface area contributed by atoms with E-state index in [0.29, 0.717) is 12.5 Å². The normalized spacial score (nSPS) is 10.3. The van der Waals surface area contributed by atoms with Crippen LogP contribution in [0.25, 0.3) is 0 Å². The number of nitrogens with one attached hydrogen (secondary N) is 1. The van der Waals surface area contributed by atoms with Crippen LogP contribution in [0.15, 0.2) is 24.8 Å². The monoisotopic (exact) mass is 315 g/mol. The first-order valence-corrected chi connectivity index (χ1v) is 5.51. The van der Waals surface area contributed by atoms with Crippen LogP contribution in [0.5, 0.6) is 0 Å². The summed E-state index contributed by atoms with van der Waals surface area (Å²) in [5.74, 6) is 1.58. The Hall–Kier alpha value is -1.18. The number of anilines is 1. The van der Waals surface area contributed by atoms with E-state index >= 15 is 0 Å². The molecule has 5 nitrogen and oxygen atoms in total. The number of hydrogen-bond acceptors (Lipinski definition) is 4. The van der Waals surface area contributed by atoms with Gasteiger partial charge in [-0.15, -0.1) is 0 Å². The van der Waals surface area contributed by atoms with E-state index in [-0.39, 0.29) is 0 Å². The van der Waals surface area contributed by atoms with Crippen molar-refractivity contribution in [2.75, 3.05) is 5.32 Å². The average Bonchev–Trinajstić information content (AvgIpc) is 2.63. The Morgan fingerprint density at radius 2 is 2.07 bits per heavy atom. The summed E-state index contributed by atoms with van der Waals surface area (Å²) in [4.78, 5) is 12.5. The summed E-state index contributed by atoms with van der Waals surface area (Å²) in [6.07, 6.45) is 7.22. The maximum atomic E-state index is 4.19. The first kappa shape index (κ1) is 10.3. The van der Waals surface area contributed by atoms with Crippen LogP contribution in [0.1, 0.15) is 5.82 Å². The number of nitrogens with zero attached hydrogens (tertiary/aromatic N) is 4. The third kappa shape index (κ3) is 2.65. The number of rotatable bonds is 3. The topological polar surface area (TPSA) is 55.6 Å². The van der Waals surface area contributed by atoms with Crippen molar-refractivity contribution in [2.45, 2.75) is 6.54 Å². The number of aryl methyl sites for hydroxylation is 1. The number of halogens is 1. The van der Waals surface area contributed by atoms with E-state index in [9.17, 15) is 0 Å². The fraction of sp³-hybridized carbons (Fsp3) is 0.222. The number of aromatic nitrogens is 4. The predicted molar refractivity (Wildman–Crippen MR) is 65.3 cm³/mol. The Morgan fingerprint density at radius 3 is 2.67 bits per heavy atom. The lowest BCUT2D eigenvalue weighted by atomic mass is 10.6. The molecule has 15 heavy (non-hydrogen) atoms. The summed E-state index contributed by atoms with van der Waals surface area (Å²) in [6.45, 7) is 0.629. The minimum absolute atomic E-state index is 0.624. The van der Waals surface area contributed by atoms with Gasteiger partial charge in [0.25, 0.3) is 0 Å². The second-order valence-electron chi connectivity index (χ2n) is 3.03. The molecule has 0 saturated heterocycles. The summed E-state index contributed by atoms with van der Waals surface area (Å²) in [5.41, 5.74) is 0. The van der Waals surface area contributed by atoms with Crippen molar-refractivity contribution in [2.24, 2.45) is 7.05 Å². The minimum atomic E-state index is 0.624. The second-order valence-corrected chi connectivity index (χ2v) is 4.28. The van der Waals surface area contributed by atoms with Crippen molar-refractivity contribution >= 4 is 28.5 Å². The van der Waals surface area contributed by atoms with Crippen molar-refractivity contribution in [3.8, 4) is 0 Å². The molecule has 0 spiro atoms. The van der Waals surface area contributed by atoms with Gasteiger partial charge in [0, 0.05) is 35.4 Å². The average molecular weight is 315 g/mol. The van der Waals surface area contributed by atoms with Crippen LogP contribution in [0.3, 0.4) is 0 Å². The molecule has 0 fully saturated rings. The van der Waals surface area contributed by atoms with Crippen LogP contribution in [0.4, 0.5) is 5.95 Å². The number of hydrogen-bond donors (Lipinski definition) is 1. The maximum Gasteiger partial charge on any atom is 0.223 e. The highest BCUT2D eigenvalue weighted by molar-refractivity contribution is 14.1. The second kappa shape index (κ2) is 4.56. The summed E-state index contributed by atoms with van der Waals surface area (Å²) < 4.78 is 2.98. The Kier molecular flexibility index (Phi) is 3.14. The van der Waals surface area contributed by atoms with Gasteiger partial charge in [-0.2, -0.15) is 0 Å². The van der Waals surface area contributed by atoms with Crippen LogP contribution in [-0.2, 0) is 13.6 Å². The predicted octanol–water partition coefficient (Wildman–Crippen LogP) is 1.43. The largest absolute Gasteiger partial charge is 0.347 e. The first-order chi connectivity index (χ1) is 7.25. The Morgan fingerprint density at radius 1 is 1.33 bits per heavy atom. The van der Waals surface area contributed by atoms with Gasteiger partial charge in [0.2, 0.25) is 5.95 Å². The molecule has 0 aliphatic carbocycles. The molecule has 2 aromatic rings. The lowest BCUT2D eigenvalue weighted by molar-refractivity contribution is 0.807. The molecule has 0 radical (unpaired) electrons. The maximum absolute atomic E-state index is 4.19. The van der Waals surface area contributed by atoms with Crippen molar-refractivity contribution in [3.05, 3.63) is 34.2 Å². The van der Waals surface area contributed by atoms with E-state index in [1.165, 1.54) is 0 Å². The molecule has 6 heteroatoms.